The van der Waals surface area contributed by atoms with Crippen molar-refractivity contribution in [3.05, 3.63) is 59.3 Å². The van der Waals surface area contributed by atoms with Gasteiger partial charge in [0, 0.05) is 6.20 Å². The fourth-order valence-electron chi connectivity index (χ4n) is 1.64. The van der Waals surface area contributed by atoms with E-state index in [-0.39, 0.29) is 0 Å². The average molecular weight is 268 g/mol. The van der Waals surface area contributed by atoms with Crippen molar-refractivity contribution in [2.45, 2.75) is 13.8 Å². The van der Waals surface area contributed by atoms with Crippen molar-refractivity contribution in [3.63, 3.8) is 0 Å². The number of benzene rings is 1. The molecular weight excluding hydrogens is 252 g/mol. The Bertz CT molecular complexity index is 637. The number of nitrogens with one attached hydrogen (secondary N) is 2. The standard InChI is InChI=1S/C15H16N4O/c1-11-6-3-4-8-13(11)10-17-19-15(20)18-14-12(2)7-5-9-16-14/h3-10H,1-2H3,(H2,16,18,19,20)/b17-10+. The Morgan fingerprint density at radius 3 is 2.65 bits per heavy atom. The Balaban J connectivity index is 1.93. The number of urea groups is 1. The average Bonchev–Trinajstić information content (AvgIpc) is 2.43. The summed E-state index contributed by atoms with van der Waals surface area (Å²) < 4.78 is 0. The lowest BCUT2D eigenvalue weighted by molar-refractivity contribution is 0.252. The predicted octanol–water partition coefficient (Wildman–Crippen LogP) is 2.85. The maximum absolute atomic E-state index is 11.7. The van der Waals surface area contributed by atoms with Crippen molar-refractivity contribution in [1.82, 2.24) is 10.4 Å². The second-order valence-corrected chi connectivity index (χ2v) is 4.35. The van der Waals surface area contributed by atoms with Gasteiger partial charge in [-0.3, -0.25) is 5.32 Å². The van der Waals surface area contributed by atoms with Crippen LogP contribution in [0.2, 0.25) is 0 Å². The molecule has 0 bridgehead atoms. The van der Waals surface area contributed by atoms with Gasteiger partial charge in [-0.1, -0.05) is 30.3 Å². The molecule has 0 fully saturated rings. The number of rotatable bonds is 3. The van der Waals surface area contributed by atoms with E-state index in [1.54, 1.807) is 12.4 Å². The molecule has 0 saturated heterocycles. The molecule has 0 spiro atoms. The highest BCUT2D eigenvalue weighted by atomic mass is 16.2. The van der Waals surface area contributed by atoms with Gasteiger partial charge in [0.2, 0.25) is 0 Å². The molecule has 1 heterocycles. The number of aromatic nitrogens is 1. The molecule has 0 aliphatic rings. The molecule has 1 aromatic carbocycles. The van der Waals surface area contributed by atoms with E-state index in [0.717, 1.165) is 16.7 Å². The number of hydrogen-bond acceptors (Lipinski definition) is 3. The van der Waals surface area contributed by atoms with E-state index in [4.69, 9.17) is 0 Å². The summed E-state index contributed by atoms with van der Waals surface area (Å²) >= 11 is 0. The fraction of sp³-hybridized carbons (Fsp3) is 0.133. The molecule has 2 aromatic rings. The number of carbonyl (C=O) groups is 1. The van der Waals surface area contributed by atoms with Gasteiger partial charge in [-0.15, -0.1) is 0 Å². The largest absolute Gasteiger partial charge is 0.340 e. The molecule has 0 saturated carbocycles. The summed E-state index contributed by atoms with van der Waals surface area (Å²) in [5.41, 5.74) is 5.36. The summed E-state index contributed by atoms with van der Waals surface area (Å²) in [6.45, 7) is 3.86. The first-order chi connectivity index (χ1) is 9.66. The molecule has 0 aliphatic carbocycles. The van der Waals surface area contributed by atoms with Crippen molar-refractivity contribution in [1.29, 1.82) is 0 Å². The van der Waals surface area contributed by atoms with Crippen LogP contribution in [0.1, 0.15) is 16.7 Å². The van der Waals surface area contributed by atoms with Crippen LogP contribution >= 0.6 is 0 Å². The third-order valence-electron chi connectivity index (χ3n) is 2.80. The highest BCUT2D eigenvalue weighted by Gasteiger charge is 2.03. The Morgan fingerprint density at radius 1 is 1.15 bits per heavy atom. The number of hydrogen-bond donors (Lipinski definition) is 2. The van der Waals surface area contributed by atoms with Gasteiger partial charge in [-0.05, 0) is 36.6 Å². The lowest BCUT2D eigenvalue weighted by atomic mass is 10.1. The first-order valence-corrected chi connectivity index (χ1v) is 6.24. The first kappa shape index (κ1) is 13.7. The lowest BCUT2D eigenvalue weighted by Gasteiger charge is -2.05. The molecule has 1 aromatic heterocycles. The molecule has 102 valence electrons. The first-order valence-electron chi connectivity index (χ1n) is 6.24. The summed E-state index contributed by atoms with van der Waals surface area (Å²) in [5, 5.41) is 6.55. The van der Waals surface area contributed by atoms with Crippen LogP contribution in [0.4, 0.5) is 10.6 Å². The second kappa shape index (κ2) is 6.47. The summed E-state index contributed by atoms with van der Waals surface area (Å²) in [5.74, 6) is 0.524. The summed E-state index contributed by atoms with van der Waals surface area (Å²) in [4.78, 5) is 15.7. The fourth-order valence-corrected chi connectivity index (χ4v) is 1.64. The van der Waals surface area contributed by atoms with Gasteiger partial charge in [-0.2, -0.15) is 5.10 Å². The Labute approximate surface area is 117 Å². The van der Waals surface area contributed by atoms with Crippen LogP contribution < -0.4 is 10.7 Å². The lowest BCUT2D eigenvalue weighted by Crippen LogP contribution is -2.25. The highest BCUT2D eigenvalue weighted by molar-refractivity contribution is 5.90. The number of amides is 2. The number of hydrazone groups is 1. The normalized spacial score (nSPS) is 10.5. The Morgan fingerprint density at radius 2 is 1.90 bits per heavy atom. The smallest absolute Gasteiger partial charge is 0.291 e. The number of anilines is 1. The van der Waals surface area contributed by atoms with Crippen LogP contribution in [-0.4, -0.2) is 17.2 Å². The number of carbonyl (C=O) groups excluding carboxylic acids is 1. The van der Waals surface area contributed by atoms with Crippen molar-refractivity contribution in [2.75, 3.05) is 5.32 Å². The van der Waals surface area contributed by atoms with E-state index in [0.29, 0.717) is 5.82 Å². The van der Waals surface area contributed by atoms with Gasteiger partial charge in [0.15, 0.2) is 0 Å². The van der Waals surface area contributed by atoms with Gasteiger partial charge in [0.25, 0.3) is 0 Å². The van der Waals surface area contributed by atoms with E-state index in [1.165, 1.54) is 0 Å². The van der Waals surface area contributed by atoms with Crippen LogP contribution in [0.5, 0.6) is 0 Å². The van der Waals surface area contributed by atoms with Gasteiger partial charge in [0.05, 0.1) is 6.21 Å². The molecule has 0 aliphatic heterocycles. The van der Waals surface area contributed by atoms with Crippen LogP contribution in [-0.2, 0) is 0 Å². The molecule has 5 nitrogen and oxygen atoms in total. The minimum atomic E-state index is -0.420. The van der Waals surface area contributed by atoms with Gasteiger partial charge < -0.3 is 0 Å². The van der Waals surface area contributed by atoms with E-state index in [2.05, 4.69) is 20.8 Å². The summed E-state index contributed by atoms with van der Waals surface area (Å²) in [7, 11) is 0. The van der Waals surface area contributed by atoms with E-state index >= 15 is 0 Å². The van der Waals surface area contributed by atoms with E-state index in [9.17, 15) is 4.79 Å². The van der Waals surface area contributed by atoms with Crippen LogP contribution in [0, 0.1) is 13.8 Å². The molecule has 20 heavy (non-hydrogen) atoms. The maximum Gasteiger partial charge on any atom is 0.340 e. The maximum atomic E-state index is 11.7. The zero-order valence-electron chi connectivity index (χ0n) is 11.4. The van der Waals surface area contributed by atoms with Gasteiger partial charge >= 0.3 is 6.03 Å². The zero-order valence-corrected chi connectivity index (χ0v) is 11.4. The topological polar surface area (TPSA) is 66.4 Å². The van der Waals surface area contributed by atoms with E-state index in [1.807, 2.05) is 50.2 Å². The van der Waals surface area contributed by atoms with Crippen molar-refractivity contribution >= 4 is 18.1 Å². The molecular formula is C15H16N4O. The second-order valence-electron chi connectivity index (χ2n) is 4.35. The summed E-state index contributed by atoms with van der Waals surface area (Å²) in [6, 6.07) is 11.1. The number of nitrogens with zero attached hydrogens (tertiary/aromatic N) is 2. The quantitative estimate of drug-likeness (QED) is 0.664. The predicted molar refractivity (Wildman–Crippen MR) is 79.9 cm³/mol. The monoisotopic (exact) mass is 268 g/mol. The third kappa shape index (κ3) is 3.65. The minimum absolute atomic E-state index is 0.420. The van der Waals surface area contributed by atoms with Crippen LogP contribution in [0.3, 0.4) is 0 Å². The molecule has 2 amide bonds. The SMILES string of the molecule is Cc1ccccc1/C=N/NC(=O)Nc1ncccc1C. The van der Waals surface area contributed by atoms with Crippen molar-refractivity contribution in [2.24, 2.45) is 5.10 Å². The molecule has 2 N–H and O–H groups in total. The summed E-state index contributed by atoms with van der Waals surface area (Å²) in [6.07, 6.45) is 3.24. The number of pyridine rings is 1. The van der Waals surface area contributed by atoms with Crippen LogP contribution in [0.15, 0.2) is 47.7 Å². The van der Waals surface area contributed by atoms with Crippen molar-refractivity contribution < 1.29 is 4.79 Å². The van der Waals surface area contributed by atoms with Crippen LogP contribution in [0.25, 0.3) is 0 Å². The Hall–Kier alpha value is -2.69. The van der Waals surface area contributed by atoms with Gasteiger partial charge in [-0.25, -0.2) is 15.2 Å². The third-order valence-corrected chi connectivity index (χ3v) is 2.80. The number of aryl methyl sites for hydroxylation is 2. The molecule has 2 rings (SSSR count). The Kier molecular flexibility index (Phi) is 4.44. The van der Waals surface area contributed by atoms with Gasteiger partial charge in [0.1, 0.15) is 5.82 Å². The van der Waals surface area contributed by atoms with E-state index < -0.39 is 6.03 Å². The molecule has 0 atom stereocenters. The minimum Gasteiger partial charge on any atom is -0.291 e. The highest BCUT2D eigenvalue weighted by Crippen LogP contribution is 2.08. The van der Waals surface area contributed by atoms with Crippen molar-refractivity contribution in [3.8, 4) is 0 Å². The molecule has 0 radical (unpaired) electrons. The molecule has 5 heteroatoms. The molecule has 0 unspecified atom stereocenters. The zero-order chi connectivity index (χ0) is 14.4.